The van der Waals surface area contributed by atoms with E-state index in [1.165, 1.54) is 6.42 Å². The van der Waals surface area contributed by atoms with Crippen molar-refractivity contribution >= 4 is 16.3 Å². The van der Waals surface area contributed by atoms with Crippen LogP contribution in [0.4, 0.5) is 5.00 Å². The van der Waals surface area contributed by atoms with E-state index >= 15 is 0 Å². The Balaban J connectivity index is 2.24. The second-order valence-electron chi connectivity index (χ2n) is 3.80. The summed E-state index contributed by atoms with van der Waals surface area (Å²) in [6, 6.07) is 10.2. The van der Waals surface area contributed by atoms with Gasteiger partial charge in [-0.15, -0.1) is 0 Å². The van der Waals surface area contributed by atoms with Crippen LogP contribution in [0, 0.1) is 0 Å². The van der Waals surface area contributed by atoms with Crippen molar-refractivity contribution in [1.82, 2.24) is 4.98 Å². The van der Waals surface area contributed by atoms with Gasteiger partial charge >= 0.3 is 0 Å². The Hall–Kier alpha value is -1.35. The molecule has 16 heavy (non-hydrogen) atoms. The number of anilines is 1. The molecule has 84 valence electrons. The van der Waals surface area contributed by atoms with Crippen molar-refractivity contribution < 1.29 is 0 Å². The summed E-state index contributed by atoms with van der Waals surface area (Å²) in [6.45, 7) is 2.18. The predicted molar refractivity (Wildman–Crippen MR) is 70.6 cm³/mol. The summed E-state index contributed by atoms with van der Waals surface area (Å²) in [7, 11) is 0. The van der Waals surface area contributed by atoms with Gasteiger partial charge in [-0.1, -0.05) is 55.0 Å². The largest absolute Gasteiger partial charge is 0.389 e. The number of unbranched alkanes of at least 4 members (excludes halogenated alkanes) is 1. The average molecular weight is 232 g/mol. The Morgan fingerprint density at radius 3 is 2.69 bits per heavy atom. The molecule has 0 atom stereocenters. The van der Waals surface area contributed by atoms with Gasteiger partial charge in [-0.2, -0.15) is 0 Å². The monoisotopic (exact) mass is 232 g/mol. The summed E-state index contributed by atoms with van der Waals surface area (Å²) in [5.41, 5.74) is 8.19. The average Bonchev–Trinajstić information content (AvgIpc) is 2.69. The van der Waals surface area contributed by atoms with Crippen LogP contribution in [-0.4, -0.2) is 4.98 Å². The number of hydrogen-bond donors (Lipinski definition) is 1. The van der Waals surface area contributed by atoms with Crippen molar-refractivity contribution in [2.75, 3.05) is 5.73 Å². The molecule has 2 N–H and O–H groups in total. The quantitative estimate of drug-likeness (QED) is 0.872. The maximum atomic E-state index is 5.98. The van der Waals surface area contributed by atoms with E-state index in [9.17, 15) is 0 Å². The molecule has 2 rings (SSSR count). The van der Waals surface area contributed by atoms with Crippen LogP contribution in [0.25, 0.3) is 10.6 Å². The highest BCUT2D eigenvalue weighted by atomic mass is 32.1. The van der Waals surface area contributed by atoms with E-state index in [1.807, 2.05) is 18.2 Å². The highest BCUT2D eigenvalue weighted by molar-refractivity contribution is 7.18. The Morgan fingerprint density at radius 2 is 2.00 bits per heavy atom. The van der Waals surface area contributed by atoms with E-state index in [0.717, 1.165) is 34.1 Å². The molecule has 0 saturated heterocycles. The Bertz CT molecular complexity index is 448. The van der Waals surface area contributed by atoms with Crippen molar-refractivity contribution in [3.05, 3.63) is 36.0 Å². The third kappa shape index (κ3) is 2.42. The zero-order valence-electron chi connectivity index (χ0n) is 9.44. The first-order valence-corrected chi connectivity index (χ1v) is 6.43. The number of aromatic nitrogens is 1. The molecule has 0 saturated carbocycles. The standard InChI is InChI=1S/C13H16N2S/c1-2-3-9-11-12(14)16-13(15-11)10-7-5-4-6-8-10/h4-8H,2-3,9,14H2,1H3. The summed E-state index contributed by atoms with van der Waals surface area (Å²) in [6.07, 6.45) is 3.32. The molecule has 2 aromatic rings. The van der Waals surface area contributed by atoms with Gasteiger partial charge in [0.15, 0.2) is 0 Å². The number of nitrogens with two attached hydrogens (primary N) is 1. The molecule has 0 bridgehead atoms. The molecule has 0 aliphatic rings. The van der Waals surface area contributed by atoms with Crippen LogP contribution in [0.2, 0.25) is 0 Å². The third-order valence-corrected chi connectivity index (χ3v) is 3.49. The van der Waals surface area contributed by atoms with Crippen LogP contribution in [-0.2, 0) is 6.42 Å². The van der Waals surface area contributed by atoms with E-state index in [-0.39, 0.29) is 0 Å². The van der Waals surface area contributed by atoms with Gasteiger partial charge in [0.1, 0.15) is 10.0 Å². The molecule has 0 radical (unpaired) electrons. The Morgan fingerprint density at radius 1 is 1.25 bits per heavy atom. The van der Waals surface area contributed by atoms with Crippen molar-refractivity contribution in [3.8, 4) is 10.6 Å². The van der Waals surface area contributed by atoms with Gasteiger partial charge in [0, 0.05) is 5.56 Å². The SMILES string of the molecule is CCCCc1nc(-c2ccccc2)sc1N. The summed E-state index contributed by atoms with van der Waals surface area (Å²) in [5.74, 6) is 0. The molecule has 0 fully saturated rings. The Kier molecular flexibility index (Phi) is 3.57. The molecular formula is C13H16N2S. The number of hydrogen-bond acceptors (Lipinski definition) is 3. The van der Waals surface area contributed by atoms with Crippen molar-refractivity contribution in [2.45, 2.75) is 26.2 Å². The topological polar surface area (TPSA) is 38.9 Å². The number of thiazole rings is 1. The van der Waals surface area contributed by atoms with Crippen LogP contribution >= 0.6 is 11.3 Å². The lowest BCUT2D eigenvalue weighted by molar-refractivity contribution is 0.783. The predicted octanol–water partition coefficient (Wildman–Crippen LogP) is 3.73. The molecule has 0 amide bonds. The lowest BCUT2D eigenvalue weighted by atomic mass is 10.2. The second kappa shape index (κ2) is 5.12. The highest BCUT2D eigenvalue weighted by Crippen LogP contribution is 2.30. The normalized spacial score (nSPS) is 10.6. The molecule has 1 aromatic carbocycles. The lowest BCUT2D eigenvalue weighted by Crippen LogP contribution is -1.91. The van der Waals surface area contributed by atoms with Crippen LogP contribution in [0.5, 0.6) is 0 Å². The number of benzene rings is 1. The van der Waals surface area contributed by atoms with E-state index < -0.39 is 0 Å². The molecule has 0 aliphatic carbocycles. The second-order valence-corrected chi connectivity index (χ2v) is 4.83. The lowest BCUT2D eigenvalue weighted by Gasteiger charge is -1.95. The van der Waals surface area contributed by atoms with Gasteiger partial charge in [0.25, 0.3) is 0 Å². The smallest absolute Gasteiger partial charge is 0.125 e. The van der Waals surface area contributed by atoms with E-state index in [1.54, 1.807) is 11.3 Å². The summed E-state index contributed by atoms with van der Waals surface area (Å²) < 4.78 is 0. The van der Waals surface area contributed by atoms with E-state index in [4.69, 9.17) is 5.73 Å². The molecule has 0 aliphatic heterocycles. The summed E-state index contributed by atoms with van der Waals surface area (Å²) in [5, 5.41) is 1.90. The molecule has 0 unspecified atom stereocenters. The fraction of sp³-hybridized carbons (Fsp3) is 0.308. The number of nitrogens with zero attached hydrogens (tertiary/aromatic N) is 1. The highest BCUT2D eigenvalue weighted by Gasteiger charge is 2.08. The molecule has 3 heteroatoms. The first-order chi connectivity index (χ1) is 7.81. The third-order valence-electron chi connectivity index (χ3n) is 2.52. The van der Waals surface area contributed by atoms with Crippen LogP contribution in [0.1, 0.15) is 25.5 Å². The van der Waals surface area contributed by atoms with Crippen LogP contribution < -0.4 is 5.73 Å². The maximum absolute atomic E-state index is 5.98. The number of nitrogen functional groups attached to an aromatic ring is 1. The van der Waals surface area contributed by atoms with Crippen molar-refractivity contribution in [3.63, 3.8) is 0 Å². The van der Waals surface area contributed by atoms with Gasteiger partial charge in [0.05, 0.1) is 5.69 Å². The minimum absolute atomic E-state index is 0.868. The number of aryl methyl sites for hydroxylation is 1. The summed E-state index contributed by atoms with van der Waals surface area (Å²) in [4.78, 5) is 4.61. The molecular weight excluding hydrogens is 216 g/mol. The van der Waals surface area contributed by atoms with Crippen molar-refractivity contribution in [2.24, 2.45) is 0 Å². The molecule has 1 heterocycles. The van der Waals surface area contributed by atoms with Gasteiger partial charge in [-0.05, 0) is 12.8 Å². The van der Waals surface area contributed by atoms with E-state index in [0.29, 0.717) is 0 Å². The molecule has 2 nitrogen and oxygen atoms in total. The first-order valence-electron chi connectivity index (χ1n) is 5.62. The molecule has 0 spiro atoms. The zero-order chi connectivity index (χ0) is 11.4. The van der Waals surface area contributed by atoms with Crippen molar-refractivity contribution in [1.29, 1.82) is 0 Å². The van der Waals surface area contributed by atoms with Gasteiger partial charge in [-0.25, -0.2) is 4.98 Å². The minimum Gasteiger partial charge on any atom is -0.389 e. The maximum Gasteiger partial charge on any atom is 0.125 e. The van der Waals surface area contributed by atoms with Gasteiger partial charge < -0.3 is 5.73 Å². The van der Waals surface area contributed by atoms with Crippen LogP contribution in [0.3, 0.4) is 0 Å². The minimum atomic E-state index is 0.868. The molecule has 1 aromatic heterocycles. The first kappa shape index (κ1) is 11.1. The number of rotatable bonds is 4. The van der Waals surface area contributed by atoms with Gasteiger partial charge in [0.2, 0.25) is 0 Å². The van der Waals surface area contributed by atoms with E-state index in [2.05, 4.69) is 24.0 Å². The van der Waals surface area contributed by atoms with Crippen LogP contribution in [0.15, 0.2) is 30.3 Å². The Labute approximate surface area is 100 Å². The van der Waals surface area contributed by atoms with Gasteiger partial charge in [-0.3, -0.25) is 0 Å². The zero-order valence-corrected chi connectivity index (χ0v) is 10.3. The fourth-order valence-corrected chi connectivity index (χ4v) is 2.47. The summed E-state index contributed by atoms with van der Waals surface area (Å²) >= 11 is 1.58. The fourth-order valence-electron chi connectivity index (χ4n) is 1.59.